The number of nitrogens with one attached hydrogen (secondary N) is 1. The van der Waals surface area contributed by atoms with Crippen molar-refractivity contribution in [1.29, 1.82) is 0 Å². The molecule has 0 amide bonds. The van der Waals surface area contributed by atoms with Gasteiger partial charge in [-0.25, -0.2) is 4.99 Å². The highest BCUT2D eigenvalue weighted by molar-refractivity contribution is 6.34. The number of rotatable bonds is 4. The topological polar surface area (TPSA) is 34.2 Å². The molecule has 1 aliphatic rings. The molecule has 4 nitrogen and oxygen atoms in total. The summed E-state index contributed by atoms with van der Waals surface area (Å²) in [4.78, 5) is 5.13. The SMILES string of the molecule is c1ccc(C2NC(c3ccc(-n4c5c6ccccc6c6ccccc6c5c5ccc6ccn(-c7ccccc7)c6c54)cc3)=Nc3ccccc32)cc1. The van der Waals surface area contributed by atoms with Crippen molar-refractivity contribution in [2.75, 3.05) is 0 Å². The number of hydrogen-bond donors (Lipinski definition) is 1. The molecule has 10 aromatic rings. The number of hydrogen-bond acceptors (Lipinski definition) is 2. The minimum absolute atomic E-state index is 0.0145. The van der Waals surface area contributed by atoms with Crippen molar-refractivity contribution in [3.63, 3.8) is 0 Å². The summed E-state index contributed by atoms with van der Waals surface area (Å²) in [5.74, 6) is 0.873. The summed E-state index contributed by atoms with van der Waals surface area (Å²) in [7, 11) is 0. The number of amidine groups is 1. The fraction of sp³-hybridized carbons (Fsp3) is 0.0208. The standard InChI is InChI=1S/C48H32N4/c1-3-13-31(14-4-1)44-40-21-11-12-22-42(40)49-48(50-44)33-23-26-35(27-24-33)52-46-39-20-10-8-18-37(39)36-17-7-9-19-38(36)43(46)41-28-25-32-29-30-51(45(32)47(41)52)34-15-5-2-6-16-34/h1-30,44H,(H,49,50). The molecule has 0 bridgehead atoms. The highest BCUT2D eigenvalue weighted by atomic mass is 15.1. The zero-order valence-corrected chi connectivity index (χ0v) is 28.2. The van der Waals surface area contributed by atoms with Gasteiger partial charge in [0.15, 0.2) is 0 Å². The van der Waals surface area contributed by atoms with Gasteiger partial charge < -0.3 is 14.5 Å². The number of benzene rings is 8. The van der Waals surface area contributed by atoms with Gasteiger partial charge in [-0.3, -0.25) is 0 Å². The van der Waals surface area contributed by atoms with E-state index in [1.807, 2.05) is 0 Å². The van der Waals surface area contributed by atoms with E-state index in [-0.39, 0.29) is 6.04 Å². The molecule has 3 heterocycles. The van der Waals surface area contributed by atoms with Crippen molar-refractivity contribution in [2.24, 2.45) is 4.99 Å². The largest absolute Gasteiger partial charge is 0.359 e. The molecule has 1 aliphatic heterocycles. The molecule has 0 radical (unpaired) electrons. The molecule has 1 atom stereocenters. The summed E-state index contributed by atoms with van der Waals surface area (Å²) in [5.41, 5.74) is 10.3. The second-order valence-corrected chi connectivity index (χ2v) is 13.6. The lowest BCUT2D eigenvalue weighted by Crippen LogP contribution is -2.32. The normalized spacial score (nSPS) is 14.2. The molecule has 244 valence electrons. The quantitative estimate of drug-likeness (QED) is 0.187. The van der Waals surface area contributed by atoms with E-state index in [2.05, 4.69) is 197 Å². The number of aromatic nitrogens is 2. The molecule has 0 fully saturated rings. The predicted molar refractivity (Wildman–Crippen MR) is 217 cm³/mol. The third-order valence-corrected chi connectivity index (χ3v) is 10.8. The van der Waals surface area contributed by atoms with Gasteiger partial charge in [0.1, 0.15) is 5.84 Å². The predicted octanol–water partition coefficient (Wildman–Crippen LogP) is 11.8. The molecule has 0 saturated heterocycles. The molecule has 1 N–H and O–H groups in total. The van der Waals surface area contributed by atoms with Crippen LogP contribution < -0.4 is 5.32 Å². The van der Waals surface area contributed by atoms with Gasteiger partial charge >= 0.3 is 0 Å². The highest BCUT2D eigenvalue weighted by Gasteiger charge is 2.25. The Kier molecular flexibility index (Phi) is 6.28. The Morgan fingerprint density at radius 1 is 0.462 bits per heavy atom. The van der Waals surface area contributed by atoms with Crippen molar-refractivity contribution in [2.45, 2.75) is 6.04 Å². The Labute approximate surface area is 300 Å². The van der Waals surface area contributed by atoms with E-state index in [0.29, 0.717) is 0 Å². The lowest BCUT2D eigenvalue weighted by molar-refractivity contribution is 0.749. The second kappa shape index (κ2) is 11.3. The first-order valence-corrected chi connectivity index (χ1v) is 17.8. The Hall–Kier alpha value is -6.91. The molecular weight excluding hydrogens is 633 g/mol. The Morgan fingerprint density at radius 3 is 1.90 bits per heavy atom. The Morgan fingerprint density at radius 2 is 1.12 bits per heavy atom. The van der Waals surface area contributed by atoms with Crippen LogP contribution in [0.25, 0.3) is 65.6 Å². The molecule has 0 saturated carbocycles. The van der Waals surface area contributed by atoms with E-state index in [1.165, 1.54) is 65.4 Å². The zero-order chi connectivity index (χ0) is 34.2. The molecule has 0 aliphatic carbocycles. The van der Waals surface area contributed by atoms with Crippen LogP contribution >= 0.6 is 0 Å². The fourth-order valence-electron chi connectivity index (χ4n) is 8.47. The Balaban J connectivity index is 1.19. The number of para-hydroxylation sites is 2. The van der Waals surface area contributed by atoms with Gasteiger partial charge in [-0.15, -0.1) is 0 Å². The maximum Gasteiger partial charge on any atom is 0.134 e. The molecular formula is C48H32N4. The first kappa shape index (κ1) is 28.9. The van der Waals surface area contributed by atoms with Gasteiger partial charge in [-0.05, 0) is 70.3 Å². The third-order valence-electron chi connectivity index (χ3n) is 10.8. The third kappa shape index (κ3) is 4.25. The summed E-state index contributed by atoms with van der Waals surface area (Å²) in [6, 6.07) is 63.3. The van der Waals surface area contributed by atoms with Gasteiger partial charge in [0.25, 0.3) is 0 Å². The van der Waals surface area contributed by atoms with Crippen LogP contribution in [0.3, 0.4) is 0 Å². The number of nitrogens with zero attached hydrogens (tertiary/aromatic N) is 3. The molecule has 11 rings (SSSR count). The summed E-state index contributed by atoms with van der Waals surface area (Å²) < 4.78 is 4.84. The number of fused-ring (bicyclic) bond motifs is 11. The van der Waals surface area contributed by atoms with Crippen molar-refractivity contribution in [1.82, 2.24) is 14.5 Å². The smallest absolute Gasteiger partial charge is 0.134 e. The van der Waals surface area contributed by atoms with Crippen molar-refractivity contribution < 1.29 is 0 Å². The van der Waals surface area contributed by atoms with Gasteiger partial charge in [-0.2, -0.15) is 0 Å². The van der Waals surface area contributed by atoms with Crippen LogP contribution in [0.1, 0.15) is 22.7 Å². The second-order valence-electron chi connectivity index (χ2n) is 13.6. The van der Waals surface area contributed by atoms with Crippen molar-refractivity contribution in [3.8, 4) is 11.4 Å². The lowest BCUT2D eigenvalue weighted by Gasteiger charge is -2.27. The summed E-state index contributed by atoms with van der Waals surface area (Å²) in [6.45, 7) is 0. The maximum atomic E-state index is 5.13. The average molecular weight is 665 g/mol. The first-order chi connectivity index (χ1) is 25.8. The summed E-state index contributed by atoms with van der Waals surface area (Å²) in [6.07, 6.45) is 2.20. The van der Waals surface area contributed by atoms with Crippen LogP contribution in [-0.4, -0.2) is 15.0 Å². The van der Waals surface area contributed by atoms with E-state index in [9.17, 15) is 0 Å². The van der Waals surface area contributed by atoms with Crippen LogP contribution in [0, 0.1) is 0 Å². The van der Waals surface area contributed by atoms with Crippen molar-refractivity contribution in [3.05, 3.63) is 199 Å². The molecule has 2 aromatic heterocycles. The average Bonchev–Trinajstić information content (AvgIpc) is 3.81. The van der Waals surface area contributed by atoms with Crippen LogP contribution in [0.4, 0.5) is 5.69 Å². The van der Waals surface area contributed by atoms with Crippen LogP contribution in [0.15, 0.2) is 187 Å². The summed E-state index contributed by atoms with van der Waals surface area (Å²) >= 11 is 0. The molecule has 0 spiro atoms. The molecule has 52 heavy (non-hydrogen) atoms. The number of aliphatic imine (C=N–C) groups is 1. The van der Waals surface area contributed by atoms with E-state index >= 15 is 0 Å². The highest BCUT2D eigenvalue weighted by Crippen LogP contribution is 2.45. The van der Waals surface area contributed by atoms with E-state index < -0.39 is 0 Å². The van der Waals surface area contributed by atoms with Crippen molar-refractivity contribution >= 4 is 65.8 Å². The van der Waals surface area contributed by atoms with Crippen LogP contribution in [-0.2, 0) is 0 Å². The fourth-order valence-corrected chi connectivity index (χ4v) is 8.47. The van der Waals surface area contributed by atoms with E-state index in [0.717, 1.165) is 28.5 Å². The van der Waals surface area contributed by atoms with Gasteiger partial charge in [0.05, 0.1) is 28.3 Å². The minimum atomic E-state index is 0.0145. The monoisotopic (exact) mass is 664 g/mol. The maximum absolute atomic E-state index is 5.13. The van der Waals surface area contributed by atoms with Gasteiger partial charge in [0.2, 0.25) is 0 Å². The van der Waals surface area contributed by atoms with E-state index in [4.69, 9.17) is 4.99 Å². The molecule has 1 unspecified atom stereocenters. The Bertz CT molecular complexity index is 3020. The van der Waals surface area contributed by atoms with Crippen LogP contribution in [0.5, 0.6) is 0 Å². The van der Waals surface area contributed by atoms with Crippen LogP contribution in [0.2, 0.25) is 0 Å². The zero-order valence-electron chi connectivity index (χ0n) is 28.2. The lowest BCUT2D eigenvalue weighted by atomic mass is 9.95. The minimum Gasteiger partial charge on any atom is -0.359 e. The van der Waals surface area contributed by atoms with E-state index in [1.54, 1.807) is 0 Å². The van der Waals surface area contributed by atoms with Gasteiger partial charge in [-0.1, -0.05) is 127 Å². The molecule has 4 heteroatoms. The van der Waals surface area contributed by atoms with Gasteiger partial charge in [0, 0.05) is 50.2 Å². The summed E-state index contributed by atoms with van der Waals surface area (Å²) in [5, 5.41) is 12.5. The molecule has 8 aromatic carbocycles. The first-order valence-electron chi connectivity index (χ1n) is 17.8.